The second kappa shape index (κ2) is 5.93. The van der Waals surface area contributed by atoms with Crippen molar-refractivity contribution in [3.63, 3.8) is 0 Å². The first-order valence-electron chi connectivity index (χ1n) is 6.22. The average molecular weight is 262 g/mol. The van der Waals surface area contributed by atoms with Gasteiger partial charge in [0.2, 0.25) is 0 Å². The van der Waals surface area contributed by atoms with Gasteiger partial charge in [0.15, 0.2) is 0 Å². The molecule has 0 saturated carbocycles. The van der Waals surface area contributed by atoms with Gasteiger partial charge in [-0.2, -0.15) is 0 Å². The molecule has 0 radical (unpaired) electrons. The van der Waals surface area contributed by atoms with E-state index in [2.05, 4.69) is 0 Å². The predicted molar refractivity (Wildman–Crippen MR) is 71.0 cm³/mol. The molecule has 2 rings (SSSR count). The number of hydrogen-bond donors (Lipinski definition) is 1. The van der Waals surface area contributed by atoms with Crippen molar-refractivity contribution in [2.24, 2.45) is 0 Å². The largest absolute Gasteiger partial charge is 0.392 e. The van der Waals surface area contributed by atoms with Crippen LogP contribution in [0.2, 0.25) is 0 Å². The smallest absolute Gasteiger partial charge is 0.123 e. The topological polar surface area (TPSA) is 20.2 Å². The molecule has 0 aliphatic rings. The monoisotopic (exact) mass is 262 g/mol. The van der Waals surface area contributed by atoms with Gasteiger partial charge in [0.25, 0.3) is 0 Å². The molecule has 0 aliphatic carbocycles. The van der Waals surface area contributed by atoms with Gasteiger partial charge in [-0.3, -0.25) is 0 Å². The Bertz CT molecular complexity index is 549. The van der Waals surface area contributed by atoms with Gasteiger partial charge in [-0.15, -0.1) is 0 Å². The zero-order valence-electron chi connectivity index (χ0n) is 10.7. The number of aliphatic hydroxyl groups is 1. The normalized spacial score (nSPS) is 12.4. The summed E-state index contributed by atoms with van der Waals surface area (Å²) in [4.78, 5) is 0. The maximum absolute atomic E-state index is 13.0. The zero-order chi connectivity index (χ0) is 13.8. The van der Waals surface area contributed by atoms with Crippen molar-refractivity contribution in [1.29, 1.82) is 0 Å². The van der Waals surface area contributed by atoms with Crippen LogP contribution < -0.4 is 0 Å². The number of aliphatic hydroxyl groups excluding tert-OH is 1. The summed E-state index contributed by atoms with van der Waals surface area (Å²) in [6.45, 7) is 1.82. The van der Waals surface area contributed by atoms with Gasteiger partial charge in [0, 0.05) is 0 Å². The number of hydrogen-bond acceptors (Lipinski definition) is 1. The van der Waals surface area contributed by atoms with Crippen molar-refractivity contribution in [3.05, 3.63) is 70.8 Å². The zero-order valence-corrected chi connectivity index (χ0v) is 10.7. The first-order valence-corrected chi connectivity index (χ1v) is 6.22. The first kappa shape index (κ1) is 13.7. The summed E-state index contributed by atoms with van der Waals surface area (Å²) < 4.78 is 25.7. The molecule has 0 amide bonds. The lowest BCUT2D eigenvalue weighted by Crippen LogP contribution is -2.14. The van der Waals surface area contributed by atoms with E-state index < -0.39 is 6.10 Å². The third kappa shape index (κ3) is 3.86. The van der Waals surface area contributed by atoms with E-state index in [1.54, 1.807) is 18.2 Å². The Labute approximate surface area is 111 Å². The second-order valence-electron chi connectivity index (χ2n) is 4.76. The molecule has 0 aromatic heterocycles. The van der Waals surface area contributed by atoms with E-state index in [1.807, 2.05) is 6.92 Å². The minimum atomic E-state index is -0.561. The van der Waals surface area contributed by atoms with Crippen LogP contribution in [-0.2, 0) is 12.8 Å². The number of rotatable bonds is 4. The Balaban J connectivity index is 2.01. The van der Waals surface area contributed by atoms with Crippen LogP contribution in [-0.4, -0.2) is 11.2 Å². The SMILES string of the molecule is Cc1cc(F)ccc1CC(O)Cc1ccc(F)cc1. The lowest BCUT2D eigenvalue weighted by molar-refractivity contribution is 0.175. The number of halogens is 2. The Kier molecular flexibility index (Phi) is 4.27. The molecular formula is C16H16F2O. The highest BCUT2D eigenvalue weighted by Crippen LogP contribution is 2.14. The summed E-state index contributed by atoms with van der Waals surface area (Å²) in [5, 5.41) is 10.0. The molecule has 2 aromatic rings. The number of aryl methyl sites for hydroxylation is 1. The Morgan fingerprint density at radius 1 is 0.947 bits per heavy atom. The van der Waals surface area contributed by atoms with Crippen LogP contribution in [0.5, 0.6) is 0 Å². The molecule has 0 fully saturated rings. The summed E-state index contributed by atoms with van der Waals surface area (Å²) in [7, 11) is 0. The molecule has 2 aromatic carbocycles. The fourth-order valence-electron chi connectivity index (χ4n) is 2.11. The Hall–Kier alpha value is -1.74. The molecule has 1 unspecified atom stereocenters. The minimum Gasteiger partial charge on any atom is -0.392 e. The molecule has 3 heteroatoms. The summed E-state index contributed by atoms with van der Waals surface area (Å²) in [6, 6.07) is 10.6. The molecule has 100 valence electrons. The van der Waals surface area contributed by atoms with E-state index in [0.29, 0.717) is 12.8 Å². The maximum atomic E-state index is 13.0. The van der Waals surface area contributed by atoms with Crippen LogP contribution in [0, 0.1) is 18.6 Å². The second-order valence-corrected chi connectivity index (χ2v) is 4.76. The molecule has 1 nitrogen and oxygen atoms in total. The van der Waals surface area contributed by atoms with Gasteiger partial charge in [0.1, 0.15) is 11.6 Å². The quantitative estimate of drug-likeness (QED) is 0.895. The van der Waals surface area contributed by atoms with E-state index in [0.717, 1.165) is 16.7 Å². The molecular weight excluding hydrogens is 246 g/mol. The molecule has 19 heavy (non-hydrogen) atoms. The summed E-state index contributed by atoms with van der Waals surface area (Å²) in [6.07, 6.45) is 0.357. The highest BCUT2D eigenvalue weighted by atomic mass is 19.1. The third-order valence-corrected chi connectivity index (χ3v) is 3.14. The average Bonchev–Trinajstić information content (AvgIpc) is 2.36. The standard InChI is InChI=1S/C16H16F2O/c1-11-8-15(18)7-4-13(11)10-16(19)9-12-2-5-14(17)6-3-12/h2-8,16,19H,9-10H2,1H3. The molecule has 0 aliphatic heterocycles. The van der Waals surface area contributed by atoms with Crippen LogP contribution in [0.1, 0.15) is 16.7 Å². The predicted octanol–water partition coefficient (Wildman–Crippen LogP) is 3.42. The Morgan fingerprint density at radius 3 is 2.21 bits per heavy atom. The van der Waals surface area contributed by atoms with Gasteiger partial charge in [-0.25, -0.2) is 8.78 Å². The molecule has 0 saturated heterocycles. The van der Waals surface area contributed by atoms with Gasteiger partial charge in [-0.1, -0.05) is 18.2 Å². The maximum Gasteiger partial charge on any atom is 0.123 e. The van der Waals surface area contributed by atoms with Gasteiger partial charge >= 0.3 is 0 Å². The van der Waals surface area contributed by atoms with Crippen LogP contribution in [0.15, 0.2) is 42.5 Å². The van der Waals surface area contributed by atoms with Crippen LogP contribution in [0.4, 0.5) is 8.78 Å². The highest BCUT2D eigenvalue weighted by Gasteiger charge is 2.09. The fraction of sp³-hybridized carbons (Fsp3) is 0.250. The van der Waals surface area contributed by atoms with Crippen molar-refractivity contribution < 1.29 is 13.9 Å². The van der Waals surface area contributed by atoms with Crippen molar-refractivity contribution >= 4 is 0 Å². The van der Waals surface area contributed by atoms with Gasteiger partial charge in [0.05, 0.1) is 6.10 Å². The molecule has 0 heterocycles. The lowest BCUT2D eigenvalue weighted by atomic mass is 9.98. The van der Waals surface area contributed by atoms with E-state index in [4.69, 9.17) is 0 Å². The summed E-state index contributed by atoms with van der Waals surface area (Å²) in [5.74, 6) is -0.554. The highest BCUT2D eigenvalue weighted by molar-refractivity contribution is 5.27. The van der Waals surface area contributed by atoms with Crippen molar-refractivity contribution in [2.45, 2.75) is 25.9 Å². The molecule has 0 bridgehead atoms. The van der Waals surface area contributed by atoms with Gasteiger partial charge in [-0.05, 0) is 60.7 Å². The number of benzene rings is 2. The molecule has 0 spiro atoms. The van der Waals surface area contributed by atoms with Crippen molar-refractivity contribution in [2.75, 3.05) is 0 Å². The first-order chi connectivity index (χ1) is 9.04. The lowest BCUT2D eigenvalue weighted by Gasteiger charge is -2.12. The third-order valence-electron chi connectivity index (χ3n) is 3.14. The van der Waals surface area contributed by atoms with Crippen LogP contribution in [0.3, 0.4) is 0 Å². The summed E-state index contributed by atoms with van der Waals surface area (Å²) in [5.41, 5.74) is 2.64. The van der Waals surface area contributed by atoms with Crippen LogP contribution >= 0.6 is 0 Å². The van der Waals surface area contributed by atoms with E-state index in [1.165, 1.54) is 24.3 Å². The van der Waals surface area contributed by atoms with Gasteiger partial charge < -0.3 is 5.11 Å². The summed E-state index contributed by atoms with van der Waals surface area (Å²) >= 11 is 0. The van der Waals surface area contributed by atoms with Crippen molar-refractivity contribution in [1.82, 2.24) is 0 Å². The fourth-order valence-corrected chi connectivity index (χ4v) is 2.11. The van der Waals surface area contributed by atoms with E-state index in [9.17, 15) is 13.9 Å². The minimum absolute atomic E-state index is 0.269. The molecule has 1 atom stereocenters. The van der Waals surface area contributed by atoms with E-state index >= 15 is 0 Å². The van der Waals surface area contributed by atoms with Crippen LogP contribution in [0.25, 0.3) is 0 Å². The van der Waals surface area contributed by atoms with Crippen molar-refractivity contribution in [3.8, 4) is 0 Å². The Morgan fingerprint density at radius 2 is 1.58 bits per heavy atom. The van der Waals surface area contributed by atoms with E-state index in [-0.39, 0.29) is 11.6 Å². The molecule has 1 N–H and O–H groups in total.